The number of nitrogens with two attached hydrogens (primary N) is 2. The molecule has 0 radical (unpaired) electrons. The average molecular weight is 290 g/mol. The minimum absolute atomic E-state index is 0.0902. The second-order valence-electron chi connectivity index (χ2n) is 4.32. The van der Waals surface area contributed by atoms with E-state index in [1.54, 1.807) is 0 Å². The lowest BCUT2D eigenvalue weighted by Gasteiger charge is -2.19. The Morgan fingerprint density at radius 3 is 2.55 bits per heavy atom. The molecule has 1 atom stereocenters. The number of nitrogens with zero attached hydrogens (tertiary/aromatic N) is 1. The van der Waals surface area contributed by atoms with Crippen molar-refractivity contribution in [2.45, 2.75) is 32.0 Å². The number of amides is 1. The van der Waals surface area contributed by atoms with Crippen molar-refractivity contribution in [2.24, 2.45) is 11.5 Å². The molecular weight excluding hydrogens is 273 g/mol. The standard InChI is InChI=1S/C12H17F3N4O/c1-2-3-7(6-16)18-11-8(10(17)20)4-5-9(19-11)12(13,14)15/h4-5,7H,2-3,6,16H2,1H3,(H2,17,20)(H,18,19). The van der Waals surface area contributed by atoms with Crippen molar-refractivity contribution in [3.63, 3.8) is 0 Å². The van der Waals surface area contributed by atoms with Gasteiger partial charge in [0.25, 0.3) is 5.91 Å². The zero-order valence-electron chi connectivity index (χ0n) is 11.0. The number of rotatable bonds is 6. The molecule has 8 heteroatoms. The van der Waals surface area contributed by atoms with Gasteiger partial charge in [0.15, 0.2) is 0 Å². The summed E-state index contributed by atoms with van der Waals surface area (Å²) in [6.07, 6.45) is -3.15. The molecule has 0 fully saturated rings. The number of aromatic nitrogens is 1. The van der Waals surface area contributed by atoms with Gasteiger partial charge in [-0.1, -0.05) is 13.3 Å². The quantitative estimate of drug-likeness (QED) is 0.743. The van der Waals surface area contributed by atoms with E-state index in [9.17, 15) is 18.0 Å². The Labute approximate surface area is 114 Å². The molecule has 1 amide bonds. The van der Waals surface area contributed by atoms with Gasteiger partial charge in [0.1, 0.15) is 11.5 Å². The Balaban J connectivity index is 3.15. The molecule has 5 nitrogen and oxygen atoms in total. The molecule has 0 bridgehead atoms. The SMILES string of the molecule is CCCC(CN)Nc1nc(C(F)(F)F)ccc1C(N)=O. The van der Waals surface area contributed by atoms with Crippen LogP contribution in [0.15, 0.2) is 12.1 Å². The molecule has 1 rings (SSSR count). The highest BCUT2D eigenvalue weighted by atomic mass is 19.4. The van der Waals surface area contributed by atoms with Crippen LogP contribution in [0, 0.1) is 0 Å². The molecule has 0 aliphatic carbocycles. The maximum absolute atomic E-state index is 12.6. The fourth-order valence-electron chi connectivity index (χ4n) is 1.72. The van der Waals surface area contributed by atoms with Crippen LogP contribution in [0.2, 0.25) is 0 Å². The molecule has 5 N–H and O–H groups in total. The zero-order valence-corrected chi connectivity index (χ0v) is 11.0. The van der Waals surface area contributed by atoms with Gasteiger partial charge < -0.3 is 16.8 Å². The van der Waals surface area contributed by atoms with Crippen molar-refractivity contribution in [3.8, 4) is 0 Å². The van der Waals surface area contributed by atoms with Crippen LogP contribution in [-0.2, 0) is 6.18 Å². The Hall–Kier alpha value is -1.83. The van der Waals surface area contributed by atoms with Crippen LogP contribution in [0.3, 0.4) is 0 Å². The Morgan fingerprint density at radius 1 is 1.45 bits per heavy atom. The summed E-state index contributed by atoms with van der Waals surface area (Å²) >= 11 is 0. The molecule has 112 valence electrons. The molecule has 0 saturated carbocycles. The van der Waals surface area contributed by atoms with E-state index in [0.29, 0.717) is 6.42 Å². The van der Waals surface area contributed by atoms with Crippen molar-refractivity contribution in [2.75, 3.05) is 11.9 Å². The van der Waals surface area contributed by atoms with E-state index in [4.69, 9.17) is 11.5 Å². The number of halogens is 3. The molecule has 1 heterocycles. The van der Waals surface area contributed by atoms with E-state index in [-0.39, 0.29) is 24.0 Å². The van der Waals surface area contributed by atoms with Crippen LogP contribution in [-0.4, -0.2) is 23.5 Å². The smallest absolute Gasteiger partial charge is 0.365 e. The van der Waals surface area contributed by atoms with Gasteiger partial charge in [-0.05, 0) is 18.6 Å². The molecule has 0 aromatic carbocycles. The predicted octanol–water partition coefficient (Wildman–Crippen LogP) is 1.74. The van der Waals surface area contributed by atoms with Gasteiger partial charge in [-0.15, -0.1) is 0 Å². The summed E-state index contributed by atoms with van der Waals surface area (Å²) in [5.74, 6) is -1.03. The van der Waals surface area contributed by atoms with Crippen LogP contribution in [0.4, 0.5) is 19.0 Å². The number of carbonyl (C=O) groups is 1. The normalized spacial score (nSPS) is 13.1. The number of nitrogens with one attached hydrogen (secondary N) is 1. The van der Waals surface area contributed by atoms with Gasteiger partial charge in [0.05, 0.1) is 5.56 Å². The van der Waals surface area contributed by atoms with Crippen LogP contribution < -0.4 is 16.8 Å². The number of pyridine rings is 1. The van der Waals surface area contributed by atoms with E-state index in [2.05, 4.69) is 10.3 Å². The topological polar surface area (TPSA) is 94.0 Å². The number of carbonyl (C=O) groups excluding carboxylic acids is 1. The minimum Gasteiger partial charge on any atom is -0.365 e. The summed E-state index contributed by atoms with van der Waals surface area (Å²) in [6, 6.07) is 1.47. The third-order valence-corrected chi connectivity index (χ3v) is 2.71. The van der Waals surface area contributed by atoms with Crippen molar-refractivity contribution in [1.82, 2.24) is 4.98 Å². The van der Waals surface area contributed by atoms with Crippen molar-refractivity contribution in [3.05, 3.63) is 23.4 Å². The van der Waals surface area contributed by atoms with Crippen LogP contribution in [0.5, 0.6) is 0 Å². The predicted molar refractivity (Wildman–Crippen MR) is 69.1 cm³/mol. The Kier molecular flexibility index (Phi) is 5.32. The number of anilines is 1. The first kappa shape index (κ1) is 16.2. The van der Waals surface area contributed by atoms with E-state index >= 15 is 0 Å². The van der Waals surface area contributed by atoms with Gasteiger partial charge in [0, 0.05) is 12.6 Å². The van der Waals surface area contributed by atoms with Crippen LogP contribution >= 0.6 is 0 Å². The Morgan fingerprint density at radius 2 is 2.10 bits per heavy atom. The third-order valence-electron chi connectivity index (χ3n) is 2.71. The monoisotopic (exact) mass is 290 g/mol. The average Bonchev–Trinajstić information content (AvgIpc) is 2.36. The second kappa shape index (κ2) is 6.56. The van der Waals surface area contributed by atoms with Crippen LogP contribution in [0.1, 0.15) is 35.8 Å². The lowest BCUT2D eigenvalue weighted by molar-refractivity contribution is -0.141. The van der Waals surface area contributed by atoms with Gasteiger partial charge in [-0.3, -0.25) is 4.79 Å². The number of hydrogen-bond donors (Lipinski definition) is 3. The fourth-order valence-corrected chi connectivity index (χ4v) is 1.72. The molecule has 1 aromatic heterocycles. The number of alkyl halides is 3. The van der Waals surface area contributed by atoms with Crippen molar-refractivity contribution >= 4 is 11.7 Å². The van der Waals surface area contributed by atoms with Crippen LogP contribution in [0.25, 0.3) is 0 Å². The zero-order chi connectivity index (χ0) is 15.3. The van der Waals surface area contributed by atoms with Crippen molar-refractivity contribution < 1.29 is 18.0 Å². The van der Waals surface area contributed by atoms with E-state index in [1.807, 2.05) is 6.92 Å². The van der Waals surface area contributed by atoms with E-state index in [0.717, 1.165) is 18.6 Å². The molecule has 0 aliphatic rings. The van der Waals surface area contributed by atoms with Crippen molar-refractivity contribution in [1.29, 1.82) is 0 Å². The maximum Gasteiger partial charge on any atom is 0.433 e. The summed E-state index contributed by atoms with van der Waals surface area (Å²) in [4.78, 5) is 14.7. The van der Waals surface area contributed by atoms with Gasteiger partial charge >= 0.3 is 6.18 Å². The Bertz CT molecular complexity index is 476. The van der Waals surface area contributed by atoms with Gasteiger partial charge in [-0.2, -0.15) is 13.2 Å². The number of hydrogen-bond acceptors (Lipinski definition) is 4. The summed E-state index contributed by atoms with van der Waals surface area (Å²) in [5, 5.41) is 2.76. The summed E-state index contributed by atoms with van der Waals surface area (Å²) in [5.41, 5.74) is 9.49. The molecule has 1 unspecified atom stereocenters. The summed E-state index contributed by atoms with van der Waals surface area (Å²) in [7, 11) is 0. The highest BCUT2D eigenvalue weighted by molar-refractivity contribution is 5.97. The fraction of sp³-hybridized carbons (Fsp3) is 0.500. The van der Waals surface area contributed by atoms with Gasteiger partial charge in [-0.25, -0.2) is 4.98 Å². The maximum atomic E-state index is 12.6. The first-order valence-corrected chi connectivity index (χ1v) is 6.14. The first-order valence-electron chi connectivity index (χ1n) is 6.14. The van der Waals surface area contributed by atoms with E-state index < -0.39 is 17.8 Å². The molecule has 0 saturated heterocycles. The molecular formula is C12H17F3N4O. The lowest BCUT2D eigenvalue weighted by Crippen LogP contribution is -2.31. The molecule has 0 spiro atoms. The second-order valence-corrected chi connectivity index (χ2v) is 4.32. The summed E-state index contributed by atoms with van der Waals surface area (Å²) in [6.45, 7) is 2.13. The molecule has 1 aromatic rings. The largest absolute Gasteiger partial charge is 0.433 e. The summed E-state index contributed by atoms with van der Waals surface area (Å²) < 4.78 is 37.9. The highest BCUT2D eigenvalue weighted by Crippen LogP contribution is 2.29. The first-order chi connectivity index (χ1) is 9.29. The highest BCUT2D eigenvalue weighted by Gasteiger charge is 2.33. The molecule has 0 aliphatic heterocycles. The van der Waals surface area contributed by atoms with E-state index in [1.165, 1.54) is 0 Å². The lowest BCUT2D eigenvalue weighted by atomic mass is 10.1. The third kappa shape index (κ3) is 4.09. The minimum atomic E-state index is -4.59. The molecule has 20 heavy (non-hydrogen) atoms. The number of primary amides is 1. The van der Waals surface area contributed by atoms with Gasteiger partial charge in [0.2, 0.25) is 0 Å².